The van der Waals surface area contributed by atoms with E-state index in [9.17, 15) is 0 Å². The Kier molecular flexibility index (Phi) is 7.73. The molecule has 1 unspecified atom stereocenters. The van der Waals surface area contributed by atoms with E-state index >= 15 is 0 Å². The molecule has 1 aliphatic rings. The van der Waals surface area contributed by atoms with Gasteiger partial charge in [-0.3, -0.25) is 4.90 Å². The minimum absolute atomic E-state index is 0.396. The van der Waals surface area contributed by atoms with Gasteiger partial charge < -0.3 is 15.2 Å². The first kappa shape index (κ1) is 23.0. The van der Waals surface area contributed by atoms with Crippen molar-refractivity contribution in [1.82, 2.24) is 30.3 Å². The maximum atomic E-state index is 4.86. The van der Waals surface area contributed by atoms with E-state index in [0.29, 0.717) is 25.2 Å². The molecule has 0 saturated carbocycles. The van der Waals surface area contributed by atoms with Crippen molar-refractivity contribution < 1.29 is 0 Å². The molecule has 0 aliphatic carbocycles. The lowest BCUT2D eigenvalue weighted by Gasteiger charge is -2.37. The molecule has 0 spiro atoms. The Morgan fingerprint density at radius 1 is 1.03 bits per heavy atom. The Morgan fingerprint density at radius 2 is 1.70 bits per heavy atom. The van der Waals surface area contributed by atoms with Crippen molar-refractivity contribution in [3.8, 4) is 0 Å². The second-order valence-electron chi connectivity index (χ2n) is 8.77. The van der Waals surface area contributed by atoms with E-state index in [1.165, 1.54) is 11.1 Å². The van der Waals surface area contributed by atoms with Crippen LogP contribution in [0, 0.1) is 6.92 Å². The van der Waals surface area contributed by atoms with Crippen molar-refractivity contribution in [1.29, 1.82) is 0 Å². The van der Waals surface area contributed by atoms with E-state index in [-0.39, 0.29) is 0 Å². The summed E-state index contributed by atoms with van der Waals surface area (Å²) in [5.74, 6) is 2.63. The summed E-state index contributed by atoms with van der Waals surface area (Å²) in [6.07, 6.45) is 2.18. The van der Waals surface area contributed by atoms with Gasteiger partial charge >= 0.3 is 0 Å². The molecule has 3 aromatic rings. The molecule has 2 N–H and O–H groups in total. The quantitative estimate of drug-likeness (QED) is 0.430. The monoisotopic (exact) mass is 445 g/mol. The molecule has 174 valence electrons. The first-order chi connectivity index (χ1) is 16.1. The fourth-order valence-corrected chi connectivity index (χ4v) is 4.24. The molecule has 1 fully saturated rings. The first-order valence-electron chi connectivity index (χ1n) is 11.8. The van der Waals surface area contributed by atoms with Crippen LogP contribution in [0.1, 0.15) is 48.6 Å². The third-order valence-corrected chi connectivity index (χ3v) is 6.56. The number of benzene rings is 2. The van der Waals surface area contributed by atoms with Gasteiger partial charge in [-0.15, -0.1) is 10.2 Å². The highest BCUT2D eigenvalue weighted by molar-refractivity contribution is 5.80. The van der Waals surface area contributed by atoms with Crippen molar-refractivity contribution in [3.63, 3.8) is 0 Å². The van der Waals surface area contributed by atoms with Gasteiger partial charge in [-0.1, -0.05) is 60.7 Å². The number of rotatable bonds is 7. The number of nitrogens with one attached hydrogen (secondary N) is 2. The average Bonchev–Trinajstić information content (AvgIpc) is 3.19. The second kappa shape index (κ2) is 11.1. The van der Waals surface area contributed by atoms with Crippen LogP contribution in [0.3, 0.4) is 0 Å². The number of nitrogens with zero attached hydrogens (tertiary/aromatic N) is 5. The van der Waals surface area contributed by atoms with Crippen molar-refractivity contribution in [2.45, 2.75) is 51.9 Å². The number of likely N-dealkylation sites (tertiary alicyclic amines) is 1. The highest BCUT2D eigenvalue weighted by Crippen LogP contribution is 2.24. The zero-order valence-corrected chi connectivity index (χ0v) is 19.9. The number of hydrogen-bond acceptors (Lipinski definition) is 4. The van der Waals surface area contributed by atoms with Crippen molar-refractivity contribution in [2.24, 2.45) is 12.0 Å². The Labute approximate surface area is 197 Å². The summed E-state index contributed by atoms with van der Waals surface area (Å²) in [6, 6.07) is 22.0. The lowest BCUT2D eigenvalue weighted by atomic mass is 10.0. The lowest BCUT2D eigenvalue weighted by molar-refractivity contribution is 0.158. The van der Waals surface area contributed by atoms with Gasteiger partial charge in [-0.05, 0) is 37.8 Å². The van der Waals surface area contributed by atoms with Gasteiger partial charge in [0, 0.05) is 32.2 Å². The number of aryl methyl sites for hydroxylation is 1. The van der Waals surface area contributed by atoms with Crippen LogP contribution in [-0.2, 0) is 20.1 Å². The first-order valence-corrected chi connectivity index (χ1v) is 11.8. The molecule has 1 aliphatic heterocycles. The molecule has 1 aromatic heterocycles. The normalized spacial score (nSPS) is 16.5. The standard InChI is InChI=1S/C26H35N7/c1-20(23-12-8-5-9-13-23)33-16-14-24(15-17-33)29-26(27-18-22-10-6-4-7-11-22)28-19-25-31-30-21(2)32(25)3/h4-13,20,24H,14-19H2,1-3H3,(H2,27,28,29). The largest absolute Gasteiger partial charge is 0.354 e. The van der Waals surface area contributed by atoms with Crippen molar-refractivity contribution in [2.75, 3.05) is 13.1 Å². The zero-order chi connectivity index (χ0) is 23.0. The summed E-state index contributed by atoms with van der Waals surface area (Å²) in [7, 11) is 1.99. The summed E-state index contributed by atoms with van der Waals surface area (Å²) in [5.41, 5.74) is 2.58. The van der Waals surface area contributed by atoms with Crippen LogP contribution in [0.2, 0.25) is 0 Å². The average molecular weight is 446 g/mol. The molecular weight excluding hydrogens is 410 g/mol. The van der Waals surface area contributed by atoms with Gasteiger partial charge in [0.05, 0.1) is 13.1 Å². The molecule has 2 heterocycles. The number of piperidine rings is 1. The van der Waals surface area contributed by atoms with E-state index in [1.54, 1.807) is 0 Å². The highest BCUT2D eigenvalue weighted by Gasteiger charge is 2.24. The Hall–Kier alpha value is -3.19. The number of hydrogen-bond donors (Lipinski definition) is 2. The minimum Gasteiger partial charge on any atom is -0.354 e. The van der Waals surface area contributed by atoms with Crippen LogP contribution in [0.25, 0.3) is 0 Å². The second-order valence-corrected chi connectivity index (χ2v) is 8.77. The molecule has 7 nitrogen and oxygen atoms in total. The van der Waals surface area contributed by atoms with Crippen LogP contribution < -0.4 is 10.6 Å². The van der Waals surface area contributed by atoms with Gasteiger partial charge in [-0.2, -0.15) is 0 Å². The summed E-state index contributed by atoms with van der Waals surface area (Å²) in [6.45, 7) is 7.63. The molecule has 2 aromatic carbocycles. The van der Waals surface area contributed by atoms with Crippen LogP contribution in [0.15, 0.2) is 65.7 Å². The highest BCUT2D eigenvalue weighted by atomic mass is 15.3. The molecule has 4 rings (SSSR count). The van der Waals surface area contributed by atoms with Gasteiger partial charge in [0.15, 0.2) is 11.8 Å². The van der Waals surface area contributed by atoms with Gasteiger partial charge in [0.1, 0.15) is 5.82 Å². The maximum absolute atomic E-state index is 4.86. The predicted molar refractivity (Wildman–Crippen MR) is 133 cm³/mol. The van der Waals surface area contributed by atoms with Gasteiger partial charge in [-0.25, -0.2) is 4.99 Å². The SMILES string of the molecule is Cc1nnc(CNC(=NCc2ccccc2)NC2CCN(C(C)c3ccccc3)CC2)n1C. The summed E-state index contributed by atoms with van der Waals surface area (Å²) in [5, 5.41) is 15.6. The predicted octanol–water partition coefficient (Wildman–Crippen LogP) is 3.58. The van der Waals surface area contributed by atoms with Crippen molar-refractivity contribution >= 4 is 5.96 Å². The third-order valence-electron chi connectivity index (χ3n) is 6.56. The zero-order valence-electron chi connectivity index (χ0n) is 19.9. The number of aromatic nitrogens is 3. The summed E-state index contributed by atoms with van der Waals surface area (Å²) >= 11 is 0. The lowest BCUT2D eigenvalue weighted by Crippen LogP contribution is -2.49. The van der Waals surface area contributed by atoms with E-state index in [4.69, 9.17) is 4.99 Å². The fourth-order valence-electron chi connectivity index (χ4n) is 4.24. The molecule has 0 radical (unpaired) electrons. The van der Waals surface area contributed by atoms with E-state index in [0.717, 1.165) is 43.5 Å². The van der Waals surface area contributed by atoms with E-state index in [2.05, 4.69) is 87.3 Å². The molecule has 1 saturated heterocycles. The topological polar surface area (TPSA) is 70.4 Å². The van der Waals surface area contributed by atoms with Gasteiger partial charge in [0.2, 0.25) is 0 Å². The van der Waals surface area contributed by atoms with Crippen LogP contribution in [0.4, 0.5) is 0 Å². The Balaban J connectivity index is 1.37. The molecule has 33 heavy (non-hydrogen) atoms. The Bertz CT molecular complexity index is 1020. The molecular formula is C26H35N7. The van der Waals surface area contributed by atoms with Crippen LogP contribution in [0.5, 0.6) is 0 Å². The summed E-state index contributed by atoms with van der Waals surface area (Å²) < 4.78 is 2.01. The molecule has 0 bridgehead atoms. The minimum atomic E-state index is 0.396. The van der Waals surface area contributed by atoms with Crippen LogP contribution in [-0.4, -0.2) is 44.8 Å². The van der Waals surface area contributed by atoms with E-state index < -0.39 is 0 Å². The third kappa shape index (κ3) is 6.20. The summed E-state index contributed by atoms with van der Waals surface area (Å²) in [4.78, 5) is 7.44. The van der Waals surface area contributed by atoms with Gasteiger partial charge in [0.25, 0.3) is 0 Å². The fraction of sp³-hybridized carbons (Fsp3) is 0.423. The van der Waals surface area contributed by atoms with E-state index in [1.807, 2.05) is 24.6 Å². The molecule has 1 atom stereocenters. The smallest absolute Gasteiger partial charge is 0.192 e. The van der Waals surface area contributed by atoms with Crippen LogP contribution >= 0.6 is 0 Å². The molecule has 0 amide bonds. The van der Waals surface area contributed by atoms with Crippen molar-refractivity contribution in [3.05, 3.63) is 83.4 Å². The number of guanidine groups is 1. The maximum Gasteiger partial charge on any atom is 0.192 e. The molecule has 7 heteroatoms. The number of aliphatic imine (C=N–C) groups is 1. The Morgan fingerprint density at radius 3 is 2.33 bits per heavy atom.